The highest BCUT2D eigenvalue weighted by molar-refractivity contribution is 5.55. The summed E-state index contributed by atoms with van der Waals surface area (Å²) in [5, 5.41) is 12.4. The van der Waals surface area contributed by atoms with Crippen molar-refractivity contribution < 1.29 is 9.84 Å². The van der Waals surface area contributed by atoms with Crippen LogP contribution in [0.5, 0.6) is 0 Å². The van der Waals surface area contributed by atoms with E-state index in [2.05, 4.69) is 15.3 Å². The minimum absolute atomic E-state index is 0.0335. The van der Waals surface area contributed by atoms with Crippen LogP contribution >= 0.6 is 0 Å². The lowest BCUT2D eigenvalue weighted by Gasteiger charge is -2.19. The number of hydrogen-bond donors (Lipinski definition) is 3. The number of nitrogens with one attached hydrogen (secondary N) is 1. The van der Waals surface area contributed by atoms with Gasteiger partial charge in [-0.3, -0.25) is 0 Å². The van der Waals surface area contributed by atoms with Crippen LogP contribution in [0.15, 0.2) is 0 Å². The van der Waals surface area contributed by atoms with Crippen molar-refractivity contribution >= 4 is 11.6 Å². The van der Waals surface area contributed by atoms with Crippen molar-refractivity contribution in [2.75, 3.05) is 31.4 Å². The topological polar surface area (TPSA) is 93.3 Å². The highest BCUT2D eigenvalue weighted by atomic mass is 16.5. The van der Waals surface area contributed by atoms with Crippen LogP contribution in [0.4, 0.5) is 11.6 Å². The molecule has 0 saturated carbocycles. The Morgan fingerprint density at radius 2 is 2.06 bits per heavy atom. The molecule has 6 nitrogen and oxygen atoms in total. The zero-order valence-corrected chi connectivity index (χ0v) is 11.4. The third kappa shape index (κ3) is 3.54. The second kappa shape index (κ2) is 6.51. The van der Waals surface area contributed by atoms with E-state index in [1.807, 2.05) is 20.8 Å². The summed E-state index contributed by atoms with van der Waals surface area (Å²) >= 11 is 0. The summed E-state index contributed by atoms with van der Waals surface area (Å²) in [4.78, 5) is 8.68. The first kappa shape index (κ1) is 14.7. The van der Waals surface area contributed by atoms with E-state index in [0.29, 0.717) is 24.1 Å². The molecule has 0 saturated heterocycles. The molecular weight excluding hydrogens is 232 g/mol. The van der Waals surface area contributed by atoms with E-state index in [1.54, 1.807) is 7.11 Å². The molecule has 0 spiro atoms. The van der Waals surface area contributed by atoms with Gasteiger partial charge in [-0.2, -0.15) is 0 Å². The Morgan fingerprint density at radius 3 is 2.56 bits per heavy atom. The van der Waals surface area contributed by atoms with Gasteiger partial charge < -0.3 is 20.9 Å². The van der Waals surface area contributed by atoms with Crippen molar-refractivity contribution in [3.05, 3.63) is 11.4 Å². The number of anilines is 2. The highest BCUT2D eigenvalue weighted by Crippen LogP contribution is 2.21. The largest absolute Gasteiger partial charge is 0.394 e. The van der Waals surface area contributed by atoms with Crippen LogP contribution in [0.3, 0.4) is 0 Å². The number of nitrogen functional groups attached to an aromatic ring is 1. The van der Waals surface area contributed by atoms with Crippen LogP contribution in [-0.4, -0.2) is 41.4 Å². The standard InChI is InChI=1S/C12H22N4O2/c1-7(2)11-15-10(13)8(3)12(16-11)14-9(5-17)6-18-4/h7,9,17H,5-6H2,1-4H3,(H3,13,14,15,16). The third-order valence-corrected chi connectivity index (χ3v) is 2.65. The van der Waals surface area contributed by atoms with Gasteiger partial charge in [-0.15, -0.1) is 0 Å². The minimum atomic E-state index is -0.206. The maximum Gasteiger partial charge on any atom is 0.135 e. The van der Waals surface area contributed by atoms with Gasteiger partial charge in [0.15, 0.2) is 0 Å². The Kier molecular flexibility index (Phi) is 5.30. The molecule has 1 heterocycles. The zero-order valence-electron chi connectivity index (χ0n) is 11.4. The monoisotopic (exact) mass is 254 g/mol. The molecule has 0 aliphatic rings. The molecule has 0 aromatic carbocycles. The molecule has 1 aromatic rings. The summed E-state index contributed by atoms with van der Waals surface area (Å²) in [6.07, 6.45) is 0. The van der Waals surface area contributed by atoms with Gasteiger partial charge in [-0.1, -0.05) is 13.8 Å². The fourth-order valence-corrected chi connectivity index (χ4v) is 1.49. The van der Waals surface area contributed by atoms with Crippen LogP contribution in [0, 0.1) is 6.92 Å². The molecule has 1 aromatic heterocycles. The van der Waals surface area contributed by atoms with E-state index in [1.165, 1.54) is 0 Å². The summed E-state index contributed by atoms with van der Waals surface area (Å²) in [5.74, 6) is 2.01. The molecule has 1 atom stereocenters. The van der Waals surface area contributed by atoms with E-state index in [0.717, 1.165) is 5.56 Å². The van der Waals surface area contributed by atoms with Crippen molar-refractivity contribution in [1.29, 1.82) is 0 Å². The van der Waals surface area contributed by atoms with Crippen LogP contribution in [0.1, 0.15) is 31.2 Å². The Bertz CT molecular complexity index is 396. The predicted molar refractivity (Wildman–Crippen MR) is 71.6 cm³/mol. The van der Waals surface area contributed by atoms with E-state index in [-0.39, 0.29) is 18.6 Å². The van der Waals surface area contributed by atoms with Crippen molar-refractivity contribution in [2.24, 2.45) is 0 Å². The van der Waals surface area contributed by atoms with Gasteiger partial charge in [0.25, 0.3) is 0 Å². The van der Waals surface area contributed by atoms with E-state index < -0.39 is 0 Å². The zero-order chi connectivity index (χ0) is 13.7. The van der Waals surface area contributed by atoms with Gasteiger partial charge in [0.2, 0.25) is 0 Å². The first-order chi connectivity index (χ1) is 8.49. The van der Waals surface area contributed by atoms with Gasteiger partial charge >= 0.3 is 0 Å². The number of aliphatic hydroxyl groups excluding tert-OH is 1. The van der Waals surface area contributed by atoms with Crippen molar-refractivity contribution in [1.82, 2.24) is 9.97 Å². The number of methoxy groups -OCH3 is 1. The van der Waals surface area contributed by atoms with Gasteiger partial charge in [-0.25, -0.2) is 9.97 Å². The lowest BCUT2D eigenvalue weighted by atomic mass is 10.2. The van der Waals surface area contributed by atoms with E-state index >= 15 is 0 Å². The normalized spacial score (nSPS) is 12.8. The first-order valence-corrected chi connectivity index (χ1v) is 5.99. The maximum absolute atomic E-state index is 9.24. The summed E-state index contributed by atoms with van der Waals surface area (Å²) in [6.45, 7) is 6.23. The number of aromatic nitrogens is 2. The fourth-order valence-electron chi connectivity index (χ4n) is 1.49. The average molecular weight is 254 g/mol. The Hall–Kier alpha value is -1.40. The molecule has 1 unspecified atom stereocenters. The lowest BCUT2D eigenvalue weighted by molar-refractivity contribution is 0.153. The molecule has 4 N–H and O–H groups in total. The van der Waals surface area contributed by atoms with Crippen molar-refractivity contribution in [3.63, 3.8) is 0 Å². The van der Waals surface area contributed by atoms with E-state index in [4.69, 9.17) is 10.5 Å². The van der Waals surface area contributed by atoms with Crippen molar-refractivity contribution in [3.8, 4) is 0 Å². The molecule has 0 bridgehead atoms. The molecule has 102 valence electrons. The summed E-state index contributed by atoms with van der Waals surface area (Å²) in [6, 6.07) is -0.206. The maximum atomic E-state index is 9.24. The number of ether oxygens (including phenoxy) is 1. The smallest absolute Gasteiger partial charge is 0.135 e. The van der Waals surface area contributed by atoms with Crippen molar-refractivity contribution in [2.45, 2.75) is 32.7 Å². The summed E-state index contributed by atoms with van der Waals surface area (Å²) < 4.78 is 5.02. The molecular formula is C12H22N4O2. The molecule has 0 amide bonds. The molecule has 18 heavy (non-hydrogen) atoms. The lowest BCUT2D eigenvalue weighted by Crippen LogP contribution is -2.30. The second-order valence-corrected chi connectivity index (χ2v) is 4.57. The fraction of sp³-hybridized carbons (Fsp3) is 0.667. The number of nitrogens with two attached hydrogens (primary N) is 1. The van der Waals surface area contributed by atoms with Gasteiger partial charge in [-0.05, 0) is 6.92 Å². The van der Waals surface area contributed by atoms with E-state index in [9.17, 15) is 5.11 Å². The van der Waals surface area contributed by atoms with Crippen LogP contribution in [0.25, 0.3) is 0 Å². The van der Waals surface area contributed by atoms with Crippen LogP contribution in [-0.2, 0) is 4.74 Å². The molecule has 0 aliphatic heterocycles. The molecule has 0 radical (unpaired) electrons. The SMILES string of the molecule is COCC(CO)Nc1nc(C(C)C)nc(N)c1C. The third-order valence-electron chi connectivity index (χ3n) is 2.65. The minimum Gasteiger partial charge on any atom is -0.394 e. The van der Waals surface area contributed by atoms with Crippen LogP contribution in [0.2, 0.25) is 0 Å². The van der Waals surface area contributed by atoms with Gasteiger partial charge in [0.1, 0.15) is 17.5 Å². The number of aliphatic hydroxyl groups is 1. The Morgan fingerprint density at radius 1 is 1.39 bits per heavy atom. The second-order valence-electron chi connectivity index (χ2n) is 4.57. The van der Waals surface area contributed by atoms with Gasteiger partial charge in [0.05, 0.1) is 19.3 Å². The summed E-state index contributed by atoms with van der Waals surface area (Å²) in [5.41, 5.74) is 6.65. The molecule has 6 heteroatoms. The molecule has 0 aliphatic carbocycles. The number of hydrogen-bond acceptors (Lipinski definition) is 6. The van der Waals surface area contributed by atoms with Crippen LogP contribution < -0.4 is 11.1 Å². The Balaban J connectivity index is 2.99. The highest BCUT2D eigenvalue weighted by Gasteiger charge is 2.14. The number of rotatable bonds is 6. The molecule has 0 fully saturated rings. The average Bonchev–Trinajstić information content (AvgIpc) is 2.33. The quantitative estimate of drug-likeness (QED) is 0.698. The predicted octanol–water partition coefficient (Wildman–Crippen LogP) is 0.910. The summed E-state index contributed by atoms with van der Waals surface area (Å²) in [7, 11) is 1.59. The first-order valence-electron chi connectivity index (χ1n) is 5.99. The van der Waals surface area contributed by atoms with Gasteiger partial charge in [0, 0.05) is 18.6 Å². The Labute approximate surface area is 108 Å². The number of nitrogens with zero attached hydrogens (tertiary/aromatic N) is 2. The molecule has 1 rings (SSSR count).